The van der Waals surface area contributed by atoms with Gasteiger partial charge in [-0.25, -0.2) is 0 Å². The molecule has 0 aromatic heterocycles. The zero-order chi connectivity index (χ0) is 32.5. The third kappa shape index (κ3) is 3.51. The van der Waals surface area contributed by atoms with Crippen LogP contribution in [0.5, 0.6) is 0 Å². The summed E-state index contributed by atoms with van der Waals surface area (Å²) < 4.78 is 25.6. The summed E-state index contributed by atoms with van der Waals surface area (Å²) in [6.07, 6.45) is -1.79. The molecule has 3 spiro atoms. The fourth-order valence-electron chi connectivity index (χ4n) is 13.9. The van der Waals surface area contributed by atoms with E-state index in [4.69, 9.17) is 18.9 Å². The summed E-state index contributed by atoms with van der Waals surface area (Å²) in [6.45, 7) is 14.7. The van der Waals surface area contributed by atoms with Gasteiger partial charge in [0.25, 0.3) is 0 Å². The van der Waals surface area contributed by atoms with Crippen molar-refractivity contribution in [2.24, 2.45) is 50.7 Å². The van der Waals surface area contributed by atoms with Gasteiger partial charge in [0.05, 0.1) is 30.5 Å². The van der Waals surface area contributed by atoms with Crippen LogP contribution in [0.3, 0.4) is 0 Å². The van der Waals surface area contributed by atoms with Crippen molar-refractivity contribution in [1.82, 2.24) is 0 Å². The topological polar surface area (TPSA) is 158 Å². The first-order valence-electron chi connectivity index (χ1n) is 17.6. The second-order valence-electron chi connectivity index (χ2n) is 18.4. The molecule has 0 aromatic carbocycles. The highest BCUT2D eigenvalue weighted by molar-refractivity contribution is 5.35. The van der Waals surface area contributed by atoms with Crippen molar-refractivity contribution in [2.45, 2.75) is 160 Å². The molecule has 3 heterocycles. The molecule has 5 aliphatic carbocycles. The van der Waals surface area contributed by atoms with Gasteiger partial charge >= 0.3 is 0 Å². The molecule has 18 atom stereocenters. The standard InChI is InChI=1S/C35H56O10/c1-16-12-18-26(30(4,5)41)45-35(44-18)25(16)31(6)10-11-33-15-34(33)19(8-9-20(33)32(31,7)28(35)40)29(2,3)22(13-21(34)37)43-27-24(39)23(38)17(36)14-42-27/h16-28,36-41H,8-15H2,1-7H3/t16-,17+,18-,19?,20+,21+,22+,23+,24-,25-,26+,27+,28-,31-,32-,33+,34-,35+/m1/s1. The van der Waals surface area contributed by atoms with Crippen molar-refractivity contribution >= 4 is 0 Å². The quantitative estimate of drug-likeness (QED) is 0.254. The Morgan fingerprint density at radius 3 is 2.24 bits per heavy atom. The zero-order valence-electron chi connectivity index (χ0n) is 28.0. The van der Waals surface area contributed by atoms with E-state index in [1.807, 2.05) is 0 Å². The third-order valence-corrected chi connectivity index (χ3v) is 15.9. The maximum absolute atomic E-state index is 12.7. The first kappa shape index (κ1) is 31.8. The zero-order valence-corrected chi connectivity index (χ0v) is 28.0. The van der Waals surface area contributed by atoms with Gasteiger partial charge in [-0.1, -0.05) is 34.6 Å². The normalized spacial score (nSPS) is 62.7. The van der Waals surface area contributed by atoms with E-state index in [1.54, 1.807) is 13.8 Å². The average molecular weight is 637 g/mol. The molecule has 10 heteroatoms. The van der Waals surface area contributed by atoms with Crippen LogP contribution in [0.25, 0.3) is 0 Å². The highest BCUT2D eigenvalue weighted by Crippen LogP contribution is 2.90. The summed E-state index contributed by atoms with van der Waals surface area (Å²) in [6, 6.07) is 0. The van der Waals surface area contributed by atoms with Gasteiger partial charge in [0.1, 0.15) is 30.5 Å². The van der Waals surface area contributed by atoms with E-state index >= 15 is 0 Å². The van der Waals surface area contributed by atoms with Crippen LogP contribution >= 0.6 is 0 Å². The van der Waals surface area contributed by atoms with Crippen LogP contribution in [-0.4, -0.2) is 104 Å². The number of aliphatic hydroxyl groups is 6. The lowest BCUT2D eigenvalue weighted by Crippen LogP contribution is -2.64. The van der Waals surface area contributed by atoms with Crippen LogP contribution in [0.1, 0.15) is 93.4 Å². The number of rotatable bonds is 3. The summed E-state index contributed by atoms with van der Waals surface area (Å²) in [5.74, 6) is -0.537. The van der Waals surface area contributed by atoms with E-state index in [0.717, 1.165) is 38.5 Å². The van der Waals surface area contributed by atoms with Gasteiger partial charge in [0.2, 0.25) is 0 Å². The van der Waals surface area contributed by atoms with Gasteiger partial charge in [-0.05, 0) is 86.4 Å². The highest BCUT2D eigenvalue weighted by atomic mass is 16.8. The fourth-order valence-corrected chi connectivity index (χ4v) is 13.9. The number of hydrogen-bond donors (Lipinski definition) is 6. The fraction of sp³-hybridized carbons (Fsp3) is 1.00. The summed E-state index contributed by atoms with van der Waals surface area (Å²) >= 11 is 0. The molecule has 8 aliphatic rings. The Morgan fingerprint density at radius 2 is 1.56 bits per heavy atom. The molecule has 0 aromatic rings. The molecule has 0 radical (unpaired) electrons. The molecular weight excluding hydrogens is 580 g/mol. The predicted octanol–water partition coefficient (Wildman–Crippen LogP) is 2.09. The molecule has 5 saturated carbocycles. The molecule has 3 saturated heterocycles. The maximum atomic E-state index is 12.7. The molecule has 8 rings (SSSR count). The third-order valence-electron chi connectivity index (χ3n) is 15.9. The van der Waals surface area contributed by atoms with E-state index in [1.165, 1.54) is 0 Å². The minimum absolute atomic E-state index is 0.000311. The molecular formula is C35H56O10. The lowest BCUT2D eigenvalue weighted by Gasteiger charge is -2.64. The second-order valence-corrected chi connectivity index (χ2v) is 18.4. The minimum Gasteiger partial charge on any atom is -0.392 e. The lowest BCUT2D eigenvalue weighted by molar-refractivity contribution is -0.309. The van der Waals surface area contributed by atoms with Crippen LogP contribution in [0.15, 0.2) is 0 Å². The SMILES string of the molecule is C[C@@H]1C[C@H]2O[C@@]3(O[C@@H]2C(C)(C)O)[C@H](O)[C@@]2(C)[C@@H]4CCC5C(C)(C)[C@@H](O[C@@H]6OC[C@H](O)[C@H](O)[C@H]6O)C[C@H](O)[C@@]56C[C@@]46CC[C@]2(C)[C@@H]13. The predicted molar refractivity (Wildman–Crippen MR) is 160 cm³/mol. The van der Waals surface area contributed by atoms with Crippen LogP contribution < -0.4 is 0 Å². The Hall–Kier alpha value is -0.400. The summed E-state index contributed by atoms with van der Waals surface area (Å²) in [5, 5.41) is 66.7. The van der Waals surface area contributed by atoms with Gasteiger partial charge in [-0.3, -0.25) is 0 Å². The molecule has 6 N–H and O–H groups in total. The summed E-state index contributed by atoms with van der Waals surface area (Å²) in [5.41, 5.74) is -2.59. The van der Waals surface area contributed by atoms with Crippen molar-refractivity contribution in [3.05, 3.63) is 0 Å². The summed E-state index contributed by atoms with van der Waals surface area (Å²) in [4.78, 5) is 0. The lowest BCUT2D eigenvalue weighted by atomic mass is 9.41. The van der Waals surface area contributed by atoms with E-state index in [0.29, 0.717) is 6.42 Å². The van der Waals surface area contributed by atoms with E-state index < -0.39 is 65.8 Å². The smallest absolute Gasteiger partial charge is 0.199 e. The van der Waals surface area contributed by atoms with Crippen molar-refractivity contribution in [2.75, 3.05) is 6.61 Å². The Balaban J connectivity index is 1.12. The van der Waals surface area contributed by atoms with Crippen LogP contribution in [0.2, 0.25) is 0 Å². The molecule has 2 bridgehead atoms. The van der Waals surface area contributed by atoms with Gasteiger partial charge in [0.15, 0.2) is 12.1 Å². The van der Waals surface area contributed by atoms with E-state index in [9.17, 15) is 30.6 Å². The van der Waals surface area contributed by atoms with Crippen molar-refractivity contribution < 1.29 is 49.6 Å². The average Bonchev–Trinajstić information content (AvgIpc) is 3.51. The first-order chi connectivity index (χ1) is 20.8. The molecule has 10 nitrogen and oxygen atoms in total. The largest absolute Gasteiger partial charge is 0.392 e. The monoisotopic (exact) mass is 636 g/mol. The summed E-state index contributed by atoms with van der Waals surface area (Å²) in [7, 11) is 0. The van der Waals surface area contributed by atoms with Gasteiger partial charge in [0, 0.05) is 23.2 Å². The van der Waals surface area contributed by atoms with Gasteiger partial charge in [-0.2, -0.15) is 0 Å². The highest BCUT2D eigenvalue weighted by Gasteiger charge is 2.89. The molecule has 256 valence electrons. The van der Waals surface area contributed by atoms with Gasteiger partial charge < -0.3 is 49.6 Å². The minimum atomic E-state index is -1.37. The van der Waals surface area contributed by atoms with E-state index in [2.05, 4.69) is 34.6 Å². The number of fused-ring (bicyclic) bond motifs is 4. The maximum Gasteiger partial charge on any atom is 0.199 e. The molecule has 45 heavy (non-hydrogen) atoms. The van der Waals surface area contributed by atoms with Crippen LogP contribution in [0, 0.1) is 50.7 Å². The van der Waals surface area contributed by atoms with Crippen molar-refractivity contribution in [3.63, 3.8) is 0 Å². The van der Waals surface area contributed by atoms with Crippen LogP contribution in [-0.2, 0) is 18.9 Å². The van der Waals surface area contributed by atoms with Crippen LogP contribution in [0.4, 0.5) is 0 Å². The van der Waals surface area contributed by atoms with Gasteiger partial charge in [-0.15, -0.1) is 0 Å². The second kappa shape index (κ2) is 9.23. The Bertz CT molecular complexity index is 1240. The van der Waals surface area contributed by atoms with Crippen molar-refractivity contribution in [3.8, 4) is 0 Å². The van der Waals surface area contributed by atoms with E-state index in [-0.39, 0.29) is 58.0 Å². The molecule has 3 aliphatic heterocycles. The first-order valence-corrected chi connectivity index (χ1v) is 17.6. The molecule has 8 fully saturated rings. The molecule has 0 amide bonds. The Labute approximate surface area is 266 Å². The number of hydrogen-bond acceptors (Lipinski definition) is 10. The molecule has 1 unspecified atom stereocenters. The van der Waals surface area contributed by atoms with Crippen molar-refractivity contribution in [1.29, 1.82) is 0 Å². The Morgan fingerprint density at radius 1 is 0.867 bits per heavy atom. The Kier molecular flexibility index (Phi) is 6.53. The number of aliphatic hydroxyl groups excluding tert-OH is 5. The number of ether oxygens (including phenoxy) is 4.